The minimum Gasteiger partial charge on any atom is -0.302 e. The molecule has 0 aromatic carbocycles. The first-order valence-electron chi connectivity index (χ1n) is 6.89. The van der Waals surface area contributed by atoms with E-state index in [1.807, 2.05) is 0 Å². The van der Waals surface area contributed by atoms with Crippen LogP contribution in [0.5, 0.6) is 0 Å². The summed E-state index contributed by atoms with van der Waals surface area (Å²) >= 11 is 0. The zero-order valence-corrected chi connectivity index (χ0v) is 11.6. The molecular formula is C15H27N. The number of hydrogen-bond acceptors (Lipinski definition) is 1. The van der Waals surface area contributed by atoms with Crippen LogP contribution in [0.4, 0.5) is 0 Å². The summed E-state index contributed by atoms with van der Waals surface area (Å²) in [5.74, 6) is 2.49. The number of rotatable bonds is 1. The van der Waals surface area contributed by atoms with Crippen molar-refractivity contribution in [1.82, 2.24) is 5.32 Å². The van der Waals surface area contributed by atoms with E-state index in [4.69, 9.17) is 0 Å². The van der Waals surface area contributed by atoms with Crippen molar-refractivity contribution in [2.45, 2.75) is 65.8 Å². The molecule has 92 valence electrons. The summed E-state index contributed by atoms with van der Waals surface area (Å²) in [6.45, 7) is 15.5. The molecule has 0 aromatic heterocycles. The lowest BCUT2D eigenvalue weighted by Crippen LogP contribution is -2.39. The Hall–Kier alpha value is -0.0400. The summed E-state index contributed by atoms with van der Waals surface area (Å²) in [6, 6.07) is 0. The van der Waals surface area contributed by atoms with Crippen molar-refractivity contribution in [2.75, 3.05) is 0 Å². The van der Waals surface area contributed by atoms with Crippen LogP contribution in [0.2, 0.25) is 0 Å². The van der Waals surface area contributed by atoms with Crippen molar-refractivity contribution in [1.29, 1.82) is 0 Å². The van der Waals surface area contributed by atoms with Crippen molar-refractivity contribution in [3.63, 3.8) is 0 Å². The Morgan fingerprint density at radius 2 is 1.94 bits per heavy atom. The van der Waals surface area contributed by atoms with Crippen molar-refractivity contribution < 1.29 is 0 Å². The molecule has 1 unspecified atom stereocenters. The zero-order chi connectivity index (χ0) is 12.0. The van der Waals surface area contributed by atoms with E-state index >= 15 is 0 Å². The maximum atomic E-state index is 3.67. The van der Waals surface area contributed by atoms with Gasteiger partial charge in [-0.2, -0.15) is 0 Å². The molecule has 1 spiro atoms. The first kappa shape index (κ1) is 12.4. The Balaban J connectivity index is 2.20. The third-order valence-corrected chi connectivity index (χ3v) is 4.60. The third kappa shape index (κ3) is 2.16. The van der Waals surface area contributed by atoms with Gasteiger partial charge in [-0.05, 0) is 56.3 Å². The summed E-state index contributed by atoms with van der Waals surface area (Å²) in [5.41, 5.74) is 0.611. The van der Waals surface area contributed by atoms with Crippen molar-refractivity contribution in [2.24, 2.45) is 23.2 Å². The van der Waals surface area contributed by atoms with Crippen molar-refractivity contribution in [3.8, 4) is 0 Å². The Morgan fingerprint density at radius 3 is 2.44 bits per heavy atom. The molecule has 1 heteroatoms. The Bertz CT molecular complexity index is 256. The van der Waals surface area contributed by atoms with Gasteiger partial charge in [0.25, 0.3) is 0 Å². The molecule has 2 fully saturated rings. The van der Waals surface area contributed by atoms with E-state index in [2.05, 4.69) is 46.5 Å². The molecule has 0 aromatic rings. The fraction of sp³-hybridized carbons (Fsp3) is 0.933. The standard InChI is InChI=1S/C15H27N/c1-11(2)13-7-6-12(3)8-15(13)9-14(4,5)16-10-15/h11-13,16H,6-9H2,1-5H3/t12-,13+,15?/m1/s1. The van der Waals surface area contributed by atoms with Crippen LogP contribution in [0.3, 0.4) is 0 Å². The molecule has 1 aliphatic heterocycles. The Kier molecular flexibility index (Phi) is 3.11. The van der Waals surface area contributed by atoms with E-state index in [-0.39, 0.29) is 5.54 Å². The molecule has 2 radical (unpaired) electrons. The highest BCUT2D eigenvalue weighted by molar-refractivity contribution is 5.11. The predicted molar refractivity (Wildman–Crippen MR) is 68.9 cm³/mol. The summed E-state index contributed by atoms with van der Waals surface area (Å²) < 4.78 is 0. The lowest BCUT2D eigenvalue weighted by atomic mass is 9.58. The van der Waals surface area contributed by atoms with Gasteiger partial charge in [-0.15, -0.1) is 0 Å². The predicted octanol–water partition coefficient (Wildman–Crippen LogP) is 3.88. The van der Waals surface area contributed by atoms with Crippen LogP contribution in [-0.4, -0.2) is 5.54 Å². The molecule has 1 N–H and O–H groups in total. The second kappa shape index (κ2) is 4.01. The third-order valence-electron chi connectivity index (χ3n) is 4.60. The maximum absolute atomic E-state index is 3.67. The van der Waals surface area contributed by atoms with E-state index < -0.39 is 0 Å². The molecule has 2 aliphatic rings. The van der Waals surface area contributed by atoms with Gasteiger partial charge in [0.2, 0.25) is 0 Å². The fourth-order valence-electron chi connectivity index (χ4n) is 4.10. The SMILES string of the molecule is CC(C)[C@@H]1CC[C@@H](C)CC12[C]NC(C)(C)C2. The summed E-state index contributed by atoms with van der Waals surface area (Å²) in [4.78, 5) is 0. The van der Waals surface area contributed by atoms with E-state index in [1.54, 1.807) is 0 Å². The number of nitrogens with one attached hydrogen (secondary N) is 1. The molecule has 1 heterocycles. The Labute approximate surface area is 101 Å². The second-order valence-corrected chi connectivity index (χ2v) is 7.20. The van der Waals surface area contributed by atoms with E-state index in [9.17, 15) is 0 Å². The van der Waals surface area contributed by atoms with Gasteiger partial charge in [0.15, 0.2) is 0 Å². The van der Waals surface area contributed by atoms with Crippen LogP contribution in [0.1, 0.15) is 60.3 Å². The van der Waals surface area contributed by atoms with Crippen LogP contribution < -0.4 is 5.32 Å². The average molecular weight is 221 g/mol. The van der Waals surface area contributed by atoms with E-state index in [0.29, 0.717) is 5.41 Å². The lowest BCUT2D eigenvalue weighted by Gasteiger charge is -2.46. The molecule has 0 bridgehead atoms. The minimum absolute atomic E-state index is 0.254. The minimum atomic E-state index is 0.254. The molecular weight excluding hydrogens is 194 g/mol. The molecule has 1 saturated carbocycles. The topological polar surface area (TPSA) is 12.0 Å². The van der Waals surface area contributed by atoms with Crippen molar-refractivity contribution >= 4 is 0 Å². The molecule has 1 nitrogen and oxygen atoms in total. The van der Waals surface area contributed by atoms with Crippen LogP contribution in [-0.2, 0) is 0 Å². The van der Waals surface area contributed by atoms with E-state index in [0.717, 1.165) is 17.8 Å². The van der Waals surface area contributed by atoms with Gasteiger partial charge in [0.05, 0.1) is 6.54 Å². The summed E-state index contributed by atoms with van der Waals surface area (Å²) in [5, 5.41) is 3.51. The van der Waals surface area contributed by atoms with Crippen LogP contribution in [0, 0.1) is 29.7 Å². The first-order chi connectivity index (χ1) is 7.35. The molecule has 3 atom stereocenters. The lowest BCUT2D eigenvalue weighted by molar-refractivity contribution is 0.0610. The smallest absolute Gasteiger partial charge is 0.0662 e. The van der Waals surface area contributed by atoms with Crippen LogP contribution in [0.15, 0.2) is 0 Å². The number of hydrogen-bond donors (Lipinski definition) is 1. The van der Waals surface area contributed by atoms with Gasteiger partial charge in [-0.1, -0.05) is 27.2 Å². The highest BCUT2D eigenvalue weighted by atomic mass is 15.0. The molecule has 0 amide bonds. The summed E-state index contributed by atoms with van der Waals surface area (Å²) in [6.07, 6.45) is 5.41. The maximum Gasteiger partial charge on any atom is 0.0662 e. The summed E-state index contributed by atoms with van der Waals surface area (Å²) in [7, 11) is 0. The molecule has 1 aliphatic carbocycles. The van der Waals surface area contributed by atoms with Gasteiger partial charge in [0.1, 0.15) is 0 Å². The fourth-order valence-corrected chi connectivity index (χ4v) is 4.10. The normalized spacial score (nSPS) is 43.1. The zero-order valence-electron chi connectivity index (χ0n) is 11.6. The Morgan fingerprint density at radius 1 is 1.25 bits per heavy atom. The van der Waals surface area contributed by atoms with Crippen molar-refractivity contribution in [3.05, 3.63) is 6.54 Å². The highest BCUT2D eigenvalue weighted by Gasteiger charge is 2.51. The quantitative estimate of drug-likeness (QED) is 0.708. The second-order valence-electron chi connectivity index (χ2n) is 7.20. The molecule has 1 saturated heterocycles. The van der Waals surface area contributed by atoms with Gasteiger partial charge in [-0.25, -0.2) is 0 Å². The monoisotopic (exact) mass is 221 g/mol. The van der Waals surface area contributed by atoms with E-state index in [1.165, 1.54) is 25.7 Å². The van der Waals surface area contributed by atoms with Gasteiger partial charge in [0, 0.05) is 5.54 Å². The van der Waals surface area contributed by atoms with Gasteiger partial charge >= 0.3 is 0 Å². The van der Waals surface area contributed by atoms with Crippen LogP contribution in [0.25, 0.3) is 0 Å². The first-order valence-corrected chi connectivity index (χ1v) is 6.89. The largest absolute Gasteiger partial charge is 0.302 e. The van der Waals surface area contributed by atoms with Gasteiger partial charge < -0.3 is 5.32 Å². The average Bonchev–Trinajstić information content (AvgIpc) is 2.41. The highest BCUT2D eigenvalue weighted by Crippen LogP contribution is 2.55. The molecule has 16 heavy (non-hydrogen) atoms. The van der Waals surface area contributed by atoms with Gasteiger partial charge in [-0.3, -0.25) is 0 Å². The molecule has 2 rings (SSSR count). The van der Waals surface area contributed by atoms with Crippen LogP contribution >= 0.6 is 0 Å².